The number of hydrogen-bond donors (Lipinski definition) is 3. The van der Waals surface area contributed by atoms with Gasteiger partial charge in [-0.3, -0.25) is 14.9 Å². The summed E-state index contributed by atoms with van der Waals surface area (Å²) in [6, 6.07) is 10.7. The number of hydrogen-bond acceptors (Lipinski definition) is 2. The third kappa shape index (κ3) is 2.40. The number of benzene rings is 2. The second-order valence-electron chi connectivity index (χ2n) is 6.32. The third-order valence-corrected chi connectivity index (χ3v) is 5.23. The van der Waals surface area contributed by atoms with Crippen molar-refractivity contribution in [3.8, 4) is 0 Å². The molecule has 0 aliphatic carbocycles. The quantitative estimate of drug-likeness (QED) is 0.436. The van der Waals surface area contributed by atoms with Crippen molar-refractivity contribution in [2.24, 2.45) is 0 Å². The van der Waals surface area contributed by atoms with Gasteiger partial charge in [-0.05, 0) is 24.3 Å². The summed E-state index contributed by atoms with van der Waals surface area (Å²) in [4.78, 5) is 31.5. The number of amides is 2. The highest BCUT2D eigenvalue weighted by Crippen LogP contribution is 2.38. The van der Waals surface area contributed by atoms with Crippen LogP contribution in [0.5, 0.6) is 0 Å². The number of aromatic amines is 2. The molecule has 7 heteroatoms. The van der Waals surface area contributed by atoms with Gasteiger partial charge < -0.3 is 9.97 Å². The van der Waals surface area contributed by atoms with Crippen molar-refractivity contribution in [3.05, 3.63) is 70.0 Å². The van der Waals surface area contributed by atoms with Gasteiger partial charge in [0.25, 0.3) is 11.8 Å². The van der Waals surface area contributed by atoms with Gasteiger partial charge in [0.1, 0.15) is 0 Å². The molecule has 4 aromatic rings. The summed E-state index contributed by atoms with van der Waals surface area (Å²) in [5.74, 6) is -0.844. The minimum atomic E-state index is -0.422. The Morgan fingerprint density at radius 2 is 1.11 bits per heavy atom. The van der Waals surface area contributed by atoms with Gasteiger partial charge in [-0.1, -0.05) is 35.3 Å². The molecule has 0 unspecified atom stereocenters. The summed E-state index contributed by atoms with van der Waals surface area (Å²) in [5, 5.41) is 5.23. The van der Waals surface area contributed by atoms with E-state index in [1.165, 1.54) is 0 Å². The molecule has 0 spiro atoms. The summed E-state index contributed by atoms with van der Waals surface area (Å²) in [5.41, 5.74) is 3.57. The smallest absolute Gasteiger partial charge is 0.259 e. The first kappa shape index (κ1) is 16.2. The molecule has 0 radical (unpaired) electrons. The predicted octanol–water partition coefficient (Wildman–Crippen LogP) is 4.52. The van der Waals surface area contributed by atoms with Crippen LogP contribution < -0.4 is 5.32 Å². The van der Waals surface area contributed by atoms with E-state index in [1.54, 1.807) is 36.7 Å². The number of carbonyl (C=O) groups excluding carboxylic acids is 2. The second kappa shape index (κ2) is 5.74. The zero-order chi connectivity index (χ0) is 18.7. The Labute approximate surface area is 163 Å². The van der Waals surface area contributed by atoms with Gasteiger partial charge in [0, 0.05) is 55.4 Å². The van der Waals surface area contributed by atoms with E-state index in [4.69, 9.17) is 23.2 Å². The number of carbonyl (C=O) groups is 2. The normalized spacial score (nSPS) is 14.6. The van der Waals surface area contributed by atoms with Gasteiger partial charge in [-0.2, -0.15) is 0 Å². The van der Waals surface area contributed by atoms with E-state index in [0.717, 1.165) is 21.8 Å². The van der Waals surface area contributed by atoms with Crippen LogP contribution in [0, 0.1) is 0 Å². The first-order valence-corrected chi connectivity index (χ1v) is 8.92. The molecule has 2 aromatic heterocycles. The summed E-state index contributed by atoms with van der Waals surface area (Å²) in [6.07, 6.45) is 3.44. The van der Waals surface area contributed by atoms with Crippen molar-refractivity contribution in [1.29, 1.82) is 0 Å². The molecular formula is C20H11Cl2N3O2. The number of fused-ring (bicyclic) bond motifs is 2. The molecule has 3 heterocycles. The molecule has 2 amide bonds. The van der Waals surface area contributed by atoms with Crippen LogP contribution in [0.3, 0.4) is 0 Å². The van der Waals surface area contributed by atoms with Gasteiger partial charge in [0.05, 0.1) is 11.1 Å². The van der Waals surface area contributed by atoms with Gasteiger partial charge in [-0.15, -0.1) is 0 Å². The van der Waals surface area contributed by atoms with Crippen LogP contribution in [-0.4, -0.2) is 21.8 Å². The molecule has 2 aromatic carbocycles. The fourth-order valence-electron chi connectivity index (χ4n) is 3.58. The Hall–Kier alpha value is -3.02. The molecule has 3 N–H and O–H groups in total. The minimum absolute atomic E-state index is 0.337. The maximum atomic E-state index is 12.6. The lowest BCUT2D eigenvalue weighted by atomic mass is 9.95. The van der Waals surface area contributed by atoms with E-state index in [9.17, 15) is 9.59 Å². The number of halogens is 2. The second-order valence-corrected chi connectivity index (χ2v) is 7.19. The Morgan fingerprint density at radius 3 is 1.56 bits per heavy atom. The fraction of sp³-hybridized carbons (Fsp3) is 0. The molecule has 5 rings (SSSR count). The summed E-state index contributed by atoms with van der Waals surface area (Å²) >= 11 is 12.1. The number of nitrogens with one attached hydrogen (secondary N) is 3. The van der Waals surface area contributed by atoms with E-state index in [1.807, 2.05) is 12.1 Å². The molecule has 0 saturated carbocycles. The van der Waals surface area contributed by atoms with Crippen molar-refractivity contribution in [2.45, 2.75) is 0 Å². The van der Waals surface area contributed by atoms with Gasteiger partial charge in [-0.25, -0.2) is 0 Å². The zero-order valence-corrected chi connectivity index (χ0v) is 15.2. The molecule has 0 fully saturated rings. The minimum Gasteiger partial charge on any atom is -0.360 e. The van der Waals surface area contributed by atoms with Crippen LogP contribution in [-0.2, 0) is 9.59 Å². The Morgan fingerprint density at radius 1 is 0.667 bits per heavy atom. The van der Waals surface area contributed by atoms with E-state index in [-0.39, 0.29) is 0 Å². The molecule has 27 heavy (non-hydrogen) atoms. The first-order chi connectivity index (χ1) is 13.0. The van der Waals surface area contributed by atoms with Crippen LogP contribution in [0.25, 0.3) is 33.0 Å². The fourth-order valence-corrected chi connectivity index (χ4v) is 3.92. The van der Waals surface area contributed by atoms with Crippen LogP contribution >= 0.6 is 23.2 Å². The van der Waals surface area contributed by atoms with Gasteiger partial charge in [0.15, 0.2) is 0 Å². The maximum absolute atomic E-state index is 12.6. The topological polar surface area (TPSA) is 77.8 Å². The van der Waals surface area contributed by atoms with Crippen LogP contribution in [0.1, 0.15) is 11.1 Å². The van der Waals surface area contributed by atoms with Gasteiger partial charge >= 0.3 is 0 Å². The predicted molar refractivity (Wildman–Crippen MR) is 107 cm³/mol. The first-order valence-electron chi connectivity index (χ1n) is 8.17. The van der Waals surface area contributed by atoms with Crippen molar-refractivity contribution >= 4 is 68.0 Å². The highest BCUT2D eigenvalue weighted by atomic mass is 35.5. The molecular weight excluding hydrogens is 385 g/mol. The largest absolute Gasteiger partial charge is 0.360 e. The molecule has 5 nitrogen and oxygen atoms in total. The van der Waals surface area contributed by atoms with Gasteiger partial charge in [0.2, 0.25) is 0 Å². The molecule has 1 aliphatic heterocycles. The average molecular weight is 396 g/mol. The maximum Gasteiger partial charge on any atom is 0.259 e. The number of H-pyrrole nitrogens is 2. The highest BCUT2D eigenvalue weighted by molar-refractivity contribution is 6.51. The zero-order valence-electron chi connectivity index (χ0n) is 13.7. The molecule has 0 atom stereocenters. The lowest BCUT2D eigenvalue weighted by Gasteiger charge is -2.03. The summed E-state index contributed by atoms with van der Waals surface area (Å²) in [7, 11) is 0. The monoisotopic (exact) mass is 395 g/mol. The van der Waals surface area contributed by atoms with Crippen molar-refractivity contribution in [1.82, 2.24) is 15.3 Å². The van der Waals surface area contributed by atoms with Crippen molar-refractivity contribution in [3.63, 3.8) is 0 Å². The van der Waals surface area contributed by atoms with Crippen molar-refractivity contribution < 1.29 is 9.59 Å². The number of rotatable bonds is 2. The van der Waals surface area contributed by atoms with E-state index < -0.39 is 11.8 Å². The lowest BCUT2D eigenvalue weighted by Crippen LogP contribution is -2.22. The van der Waals surface area contributed by atoms with Crippen LogP contribution in [0.15, 0.2) is 48.8 Å². The average Bonchev–Trinajstić information content (AvgIpc) is 3.29. The van der Waals surface area contributed by atoms with E-state index in [2.05, 4.69) is 15.3 Å². The Kier molecular flexibility index (Phi) is 3.44. The van der Waals surface area contributed by atoms with Crippen LogP contribution in [0.2, 0.25) is 10.0 Å². The highest BCUT2D eigenvalue weighted by Gasteiger charge is 2.34. The SMILES string of the molecule is O=C1NC(=O)C(c2c[nH]c3cc(Cl)ccc23)=C1c1c[nH]c2cc(Cl)ccc12. The lowest BCUT2D eigenvalue weighted by molar-refractivity contribution is -0.122. The third-order valence-electron chi connectivity index (χ3n) is 4.76. The summed E-state index contributed by atoms with van der Waals surface area (Å²) < 4.78 is 0. The van der Waals surface area contributed by atoms with Crippen molar-refractivity contribution in [2.75, 3.05) is 0 Å². The number of aromatic nitrogens is 2. The standard InChI is InChI=1S/C20H11Cl2N3O2/c21-9-1-3-11-13(7-23-15(11)5-9)17-18(20(27)25-19(17)26)14-8-24-16-6-10(22)2-4-12(14)16/h1-8,23-24H,(H,25,26,27). The van der Waals surface area contributed by atoms with E-state index >= 15 is 0 Å². The molecule has 0 saturated heterocycles. The Balaban J connectivity index is 1.82. The molecule has 0 bridgehead atoms. The van der Waals surface area contributed by atoms with Crippen LogP contribution in [0.4, 0.5) is 0 Å². The summed E-state index contributed by atoms with van der Waals surface area (Å²) in [6.45, 7) is 0. The molecule has 1 aliphatic rings. The number of imide groups is 1. The Bertz CT molecular complexity index is 1210. The molecule has 132 valence electrons. The van der Waals surface area contributed by atoms with E-state index in [0.29, 0.717) is 32.3 Å².